The van der Waals surface area contributed by atoms with Gasteiger partial charge in [0.05, 0.1) is 13.4 Å². The molecule has 1 fully saturated rings. The maximum Gasteiger partial charge on any atom is 0.244 e. The molecule has 1 unspecified atom stereocenters. The number of benzene rings is 1. The fourth-order valence-electron chi connectivity index (χ4n) is 2.59. The summed E-state index contributed by atoms with van der Waals surface area (Å²) in [5.74, 6) is -0.233. The van der Waals surface area contributed by atoms with Gasteiger partial charge in [-0.1, -0.05) is 12.1 Å². The van der Waals surface area contributed by atoms with Gasteiger partial charge in [0.15, 0.2) is 0 Å². The first kappa shape index (κ1) is 17.3. The van der Waals surface area contributed by atoms with Gasteiger partial charge in [-0.15, -0.1) is 0 Å². The zero-order chi connectivity index (χ0) is 17.0. The van der Waals surface area contributed by atoms with Crippen molar-refractivity contribution in [2.75, 3.05) is 19.9 Å². The van der Waals surface area contributed by atoms with Gasteiger partial charge in [0.1, 0.15) is 11.8 Å². The lowest BCUT2D eigenvalue weighted by atomic mass is 10.1. The number of amides is 2. The number of ether oxygens (including phenoxy) is 1. The van der Waals surface area contributed by atoms with Crippen molar-refractivity contribution in [3.8, 4) is 5.75 Å². The molecule has 1 N–H and O–H groups in total. The smallest absolute Gasteiger partial charge is 0.244 e. The fraction of sp³-hybridized carbons (Fsp3) is 0.467. The summed E-state index contributed by atoms with van der Waals surface area (Å²) in [5, 5.41) is 2.70. The molecule has 1 saturated heterocycles. The largest absolute Gasteiger partial charge is 0.497 e. The van der Waals surface area contributed by atoms with Crippen molar-refractivity contribution in [1.82, 2.24) is 9.62 Å². The maximum absolute atomic E-state index is 12.2. The molecule has 0 saturated carbocycles. The molecule has 1 atom stereocenters. The zero-order valence-electron chi connectivity index (χ0n) is 13.1. The third-order valence-electron chi connectivity index (χ3n) is 3.67. The van der Waals surface area contributed by atoms with Crippen molar-refractivity contribution in [2.45, 2.75) is 25.3 Å². The van der Waals surface area contributed by atoms with Gasteiger partial charge < -0.3 is 10.1 Å². The Kier molecular flexibility index (Phi) is 5.25. The minimum atomic E-state index is -3.73. The quantitative estimate of drug-likeness (QED) is 0.804. The molecule has 1 aromatic rings. The molecule has 1 aliphatic rings. The highest BCUT2D eigenvalue weighted by Crippen LogP contribution is 2.22. The summed E-state index contributed by atoms with van der Waals surface area (Å²) in [4.78, 5) is 23.8. The molecule has 23 heavy (non-hydrogen) atoms. The summed E-state index contributed by atoms with van der Waals surface area (Å²) in [6, 6.07) is 6.53. The van der Waals surface area contributed by atoms with Gasteiger partial charge >= 0.3 is 0 Å². The van der Waals surface area contributed by atoms with E-state index in [4.69, 9.17) is 4.74 Å². The van der Waals surface area contributed by atoms with Crippen LogP contribution in [0.2, 0.25) is 0 Å². The van der Waals surface area contributed by atoms with Gasteiger partial charge in [0.25, 0.3) is 0 Å². The first-order chi connectivity index (χ1) is 10.8. The molecule has 0 radical (unpaired) electrons. The number of methoxy groups -OCH3 is 1. The summed E-state index contributed by atoms with van der Waals surface area (Å²) < 4.78 is 29.1. The van der Waals surface area contributed by atoms with E-state index in [1.54, 1.807) is 7.11 Å². The lowest BCUT2D eigenvalue weighted by Crippen LogP contribution is -2.47. The number of nitrogens with zero attached hydrogens (tertiary/aromatic N) is 1. The van der Waals surface area contributed by atoms with Crippen molar-refractivity contribution in [3.05, 3.63) is 29.8 Å². The van der Waals surface area contributed by atoms with E-state index in [0.717, 1.165) is 17.6 Å². The van der Waals surface area contributed by atoms with Crippen LogP contribution in [-0.2, 0) is 26.0 Å². The lowest BCUT2D eigenvalue weighted by Gasteiger charge is -2.21. The summed E-state index contributed by atoms with van der Waals surface area (Å²) >= 11 is 0. The van der Waals surface area contributed by atoms with Crippen molar-refractivity contribution in [2.24, 2.45) is 0 Å². The van der Waals surface area contributed by atoms with Crippen LogP contribution in [0, 0.1) is 0 Å². The van der Waals surface area contributed by atoms with E-state index >= 15 is 0 Å². The standard InChI is InChI=1S/C15H20N2O5S/c1-22-12-5-3-4-11(10-12)8-9-16-15(19)13-6-7-14(18)17(13)23(2,20)21/h3-5,10,13H,6-9H2,1-2H3,(H,16,19). The van der Waals surface area contributed by atoms with E-state index in [1.165, 1.54) is 0 Å². The molecule has 0 spiro atoms. The number of sulfonamides is 1. The van der Waals surface area contributed by atoms with E-state index in [9.17, 15) is 18.0 Å². The van der Waals surface area contributed by atoms with E-state index in [1.807, 2.05) is 24.3 Å². The van der Waals surface area contributed by atoms with Gasteiger partial charge in [-0.05, 0) is 30.5 Å². The highest BCUT2D eigenvalue weighted by Gasteiger charge is 2.41. The Labute approximate surface area is 135 Å². The summed E-state index contributed by atoms with van der Waals surface area (Å²) in [5.41, 5.74) is 0.993. The Morgan fingerprint density at radius 2 is 2.17 bits per heavy atom. The first-order valence-corrected chi connectivity index (χ1v) is 9.10. The molecular formula is C15H20N2O5S. The second kappa shape index (κ2) is 6.99. The van der Waals surface area contributed by atoms with E-state index < -0.39 is 27.9 Å². The Morgan fingerprint density at radius 1 is 1.43 bits per heavy atom. The van der Waals surface area contributed by atoms with E-state index in [0.29, 0.717) is 17.3 Å². The molecule has 1 heterocycles. The van der Waals surface area contributed by atoms with Crippen LogP contribution in [0.15, 0.2) is 24.3 Å². The van der Waals surface area contributed by atoms with Crippen LogP contribution < -0.4 is 10.1 Å². The normalized spacial score (nSPS) is 18.1. The molecule has 0 aromatic heterocycles. The highest BCUT2D eigenvalue weighted by atomic mass is 32.2. The summed E-state index contributed by atoms with van der Waals surface area (Å²) in [6.45, 7) is 0.355. The van der Waals surface area contributed by atoms with Gasteiger partial charge in [-0.3, -0.25) is 9.59 Å². The van der Waals surface area contributed by atoms with Gasteiger partial charge in [-0.25, -0.2) is 12.7 Å². The Balaban J connectivity index is 1.93. The number of carbonyl (C=O) groups excluding carboxylic acids is 2. The van der Waals surface area contributed by atoms with Crippen LogP contribution in [-0.4, -0.2) is 50.5 Å². The molecule has 1 aromatic carbocycles. The van der Waals surface area contributed by atoms with Gasteiger partial charge in [0.2, 0.25) is 21.8 Å². The second-order valence-corrected chi connectivity index (χ2v) is 7.26. The Bertz CT molecular complexity index is 702. The fourth-order valence-corrected chi connectivity index (χ4v) is 3.72. The van der Waals surface area contributed by atoms with E-state index in [2.05, 4.69) is 5.32 Å². The molecule has 2 amide bonds. The topological polar surface area (TPSA) is 92.8 Å². The Morgan fingerprint density at radius 3 is 2.83 bits per heavy atom. The number of carbonyl (C=O) groups is 2. The Hall–Kier alpha value is -2.09. The zero-order valence-corrected chi connectivity index (χ0v) is 13.9. The second-order valence-electron chi connectivity index (χ2n) is 5.40. The van der Waals surface area contributed by atoms with Crippen molar-refractivity contribution in [1.29, 1.82) is 0 Å². The van der Waals surface area contributed by atoms with Crippen LogP contribution in [0.25, 0.3) is 0 Å². The maximum atomic E-state index is 12.2. The number of hydrogen-bond acceptors (Lipinski definition) is 5. The van der Waals surface area contributed by atoms with Gasteiger partial charge in [-0.2, -0.15) is 0 Å². The summed E-state index contributed by atoms with van der Waals surface area (Å²) in [7, 11) is -2.14. The lowest BCUT2D eigenvalue weighted by molar-refractivity contribution is -0.130. The molecule has 1 aliphatic heterocycles. The third-order valence-corrected chi connectivity index (χ3v) is 4.84. The van der Waals surface area contributed by atoms with E-state index in [-0.39, 0.29) is 12.8 Å². The van der Waals surface area contributed by atoms with Crippen molar-refractivity contribution in [3.63, 3.8) is 0 Å². The molecule has 8 heteroatoms. The van der Waals surface area contributed by atoms with Crippen molar-refractivity contribution < 1.29 is 22.7 Å². The highest BCUT2D eigenvalue weighted by molar-refractivity contribution is 7.89. The number of rotatable bonds is 6. The number of nitrogens with one attached hydrogen (secondary N) is 1. The SMILES string of the molecule is COc1cccc(CCNC(=O)C2CCC(=O)N2S(C)(=O)=O)c1. The van der Waals surface area contributed by atoms with Crippen LogP contribution in [0.1, 0.15) is 18.4 Å². The van der Waals surface area contributed by atoms with Crippen LogP contribution in [0.3, 0.4) is 0 Å². The average Bonchev–Trinajstić information content (AvgIpc) is 2.89. The molecule has 2 rings (SSSR count). The summed E-state index contributed by atoms with van der Waals surface area (Å²) in [6.07, 6.45) is 1.81. The monoisotopic (exact) mass is 340 g/mol. The van der Waals surface area contributed by atoms with Crippen molar-refractivity contribution >= 4 is 21.8 Å². The van der Waals surface area contributed by atoms with Crippen LogP contribution in [0.4, 0.5) is 0 Å². The molecule has 0 bridgehead atoms. The average molecular weight is 340 g/mol. The third kappa shape index (κ3) is 4.22. The minimum Gasteiger partial charge on any atom is -0.497 e. The van der Waals surface area contributed by atoms with Crippen LogP contribution >= 0.6 is 0 Å². The molecular weight excluding hydrogens is 320 g/mol. The van der Waals surface area contributed by atoms with Crippen LogP contribution in [0.5, 0.6) is 5.75 Å². The molecule has 126 valence electrons. The predicted molar refractivity (Wildman–Crippen MR) is 84.4 cm³/mol. The predicted octanol–water partition coefficient (Wildman–Crippen LogP) is 0.305. The number of hydrogen-bond donors (Lipinski definition) is 1. The first-order valence-electron chi connectivity index (χ1n) is 7.26. The minimum absolute atomic E-state index is 0.0705. The van der Waals surface area contributed by atoms with Gasteiger partial charge in [0, 0.05) is 13.0 Å². The molecule has 7 nitrogen and oxygen atoms in total. The molecule has 0 aliphatic carbocycles.